The smallest absolute Gasteiger partial charge is 0.250 e. The summed E-state index contributed by atoms with van der Waals surface area (Å²) in [6, 6.07) is 5.52. The van der Waals surface area contributed by atoms with Crippen LogP contribution in [-0.2, 0) is 9.53 Å². The second-order valence-corrected chi connectivity index (χ2v) is 3.94. The normalized spacial score (nSPS) is 19.1. The monoisotopic (exact) mass is 246 g/mol. The van der Waals surface area contributed by atoms with Crippen molar-refractivity contribution in [3.63, 3.8) is 0 Å². The van der Waals surface area contributed by atoms with Crippen LogP contribution < -0.4 is 10.2 Å². The van der Waals surface area contributed by atoms with Crippen LogP contribution in [0.5, 0.6) is 0 Å². The van der Waals surface area contributed by atoms with Gasteiger partial charge in [0.15, 0.2) is 6.10 Å². The molecule has 1 atom stereocenters. The highest BCUT2D eigenvalue weighted by Crippen LogP contribution is 2.15. The van der Waals surface area contributed by atoms with Gasteiger partial charge in [0.05, 0.1) is 18.7 Å². The first kappa shape index (κ1) is 12.3. The minimum atomic E-state index is -0.471. The number of likely N-dealkylation sites (N-methyl/N-ethyl adjacent to an activating group) is 1. The molecule has 0 spiro atoms. The number of nitrogens with zero attached hydrogens (tertiary/aromatic N) is 3. The molecule has 6 nitrogen and oxygen atoms in total. The summed E-state index contributed by atoms with van der Waals surface area (Å²) in [5, 5.41) is 11.3. The lowest BCUT2D eigenvalue weighted by Crippen LogP contribution is -2.49. The van der Waals surface area contributed by atoms with Crippen molar-refractivity contribution in [2.45, 2.75) is 6.10 Å². The van der Waals surface area contributed by atoms with Gasteiger partial charge in [0.1, 0.15) is 11.9 Å². The standard InChI is InChI=1S/C12H14N4O2/c1-14-12(17)10-8-16(4-5-18-10)11-3-2-9(6-13)7-15-11/h2-3,7,10H,4-5,8H2,1H3,(H,14,17)/t10-/m1/s1. The molecule has 1 aromatic rings. The van der Waals surface area contributed by atoms with Gasteiger partial charge in [-0.2, -0.15) is 5.26 Å². The van der Waals surface area contributed by atoms with E-state index < -0.39 is 6.10 Å². The molecule has 1 fully saturated rings. The Balaban J connectivity index is 2.08. The molecule has 1 aromatic heterocycles. The van der Waals surface area contributed by atoms with Crippen molar-refractivity contribution in [2.24, 2.45) is 0 Å². The number of nitrogens with one attached hydrogen (secondary N) is 1. The molecule has 94 valence electrons. The number of pyridine rings is 1. The first-order valence-corrected chi connectivity index (χ1v) is 5.69. The maximum absolute atomic E-state index is 11.5. The number of hydrogen-bond acceptors (Lipinski definition) is 5. The Morgan fingerprint density at radius 1 is 1.67 bits per heavy atom. The number of anilines is 1. The Morgan fingerprint density at radius 3 is 3.11 bits per heavy atom. The molecule has 0 unspecified atom stereocenters. The summed E-state index contributed by atoms with van der Waals surface area (Å²) >= 11 is 0. The predicted octanol–water partition coefficient (Wildman–Crippen LogP) is -0.0955. The van der Waals surface area contributed by atoms with Gasteiger partial charge in [-0.3, -0.25) is 4.79 Å². The van der Waals surface area contributed by atoms with E-state index in [-0.39, 0.29) is 5.91 Å². The van der Waals surface area contributed by atoms with Crippen molar-refractivity contribution in [3.8, 4) is 6.07 Å². The fourth-order valence-corrected chi connectivity index (χ4v) is 1.82. The van der Waals surface area contributed by atoms with Gasteiger partial charge in [0.25, 0.3) is 5.91 Å². The minimum absolute atomic E-state index is 0.131. The molecule has 0 aliphatic carbocycles. The zero-order chi connectivity index (χ0) is 13.0. The van der Waals surface area contributed by atoms with E-state index in [1.165, 1.54) is 6.20 Å². The van der Waals surface area contributed by atoms with Gasteiger partial charge >= 0.3 is 0 Å². The maximum Gasteiger partial charge on any atom is 0.250 e. The molecule has 6 heteroatoms. The van der Waals surface area contributed by atoms with Crippen molar-refractivity contribution >= 4 is 11.7 Å². The van der Waals surface area contributed by atoms with Gasteiger partial charge in [0.2, 0.25) is 0 Å². The largest absolute Gasteiger partial charge is 0.365 e. The third kappa shape index (κ3) is 2.57. The van der Waals surface area contributed by atoms with Gasteiger partial charge in [-0.05, 0) is 12.1 Å². The fraction of sp³-hybridized carbons (Fsp3) is 0.417. The fourth-order valence-electron chi connectivity index (χ4n) is 1.82. The van der Waals surface area contributed by atoms with Crippen molar-refractivity contribution in [1.82, 2.24) is 10.3 Å². The molecule has 0 aromatic carbocycles. The van der Waals surface area contributed by atoms with Crippen molar-refractivity contribution in [3.05, 3.63) is 23.9 Å². The highest BCUT2D eigenvalue weighted by molar-refractivity contribution is 5.81. The van der Waals surface area contributed by atoms with Gasteiger partial charge < -0.3 is 15.0 Å². The number of nitriles is 1. The Bertz CT molecular complexity index is 466. The number of amides is 1. The lowest BCUT2D eigenvalue weighted by atomic mass is 10.2. The maximum atomic E-state index is 11.5. The third-order valence-corrected chi connectivity index (χ3v) is 2.81. The van der Waals surface area contributed by atoms with E-state index in [0.29, 0.717) is 25.3 Å². The number of aromatic nitrogens is 1. The molecule has 1 N–H and O–H groups in total. The molecule has 1 saturated heterocycles. The quantitative estimate of drug-likeness (QED) is 0.788. The number of hydrogen-bond donors (Lipinski definition) is 1. The van der Waals surface area contributed by atoms with Crippen LogP contribution in [0.2, 0.25) is 0 Å². The number of ether oxygens (including phenoxy) is 1. The van der Waals surface area contributed by atoms with E-state index in [4.69, 9.17) is 10.00 Å². The Hall–Kier alpha value is -2.13. The SMILES string of the molecule is CNC(=O)[C@H]1CN(c2ccc(C#N)cn2)CCO1. The summed E-state index contributed by atoms with van der Waals surface area (Å²) in [5.41, 5.74) is 0.523. The molecular formula is C12H14N4O2. The van der Waals surface area contributed by atoms with Gasteiger partial charge in [-0.25, -0.2) is 4.98 Å². The van der Waals surface area contributed by atoms with Crippen LogP contribution in [0.15, 0.2) is 18.3 Å². The van der Waals surface area contributed by atoms with Gasteiger partial charge in [0, 0.05) is 19.8 Å². The van der Waals surface area contributed by atoms with Crippen LogP contribution >= 0.6 is 0 Å². The highest BCUT2D eigenvalue weighted by Gasteiger charge is 2.26. The van der Waals surface area contributed by atoms with Gasteiger partial charge in [-0.15, -0.1) is 0 Å². The predicted molar refractivity (Wildman–Crippen MR) is 65.0 cm³/mol. The molecule has 1 amide bonds. The van der Waals surface area contributed by atoms with Crippen LogP contribution in [0.4, 0.5) is 5.82 Å². The molecule has 0 radical (unpaired) electrons. The summed E-state index contributed by atoms with van der Waals surface area (Å²) < 4.78 is 5.39. The Kier molecular flexibility index (Phi) is 3.75. The van der Waals surface area contributed by atoms with Crippen molar-refractivity contribution < 1.29 is 9.53 Å². The van der Waals surface area contributed by atoms with E-state index in [2.05, 4.69) is 10.3 Å². The molecule has 2 heterocycles. The molecular weight excluding hydrogens is 232 g/mol. The summed E-state index contributed by atoms with van der Waals surface area (Å²) in [7, 11) is 1.59. The molecule has 0 saturated carbocycles. The van der Waals surface area contributed by atoms with E-state index in [1.807, 2.05) is 11.0 Å². The summed E-state index contributed by atoms with van der Waals surface area (Å²) in [6.45, 7) is 1.64. The molecule has 0 bridgehead atoms. The third-order valence-electron chi connectivity index (χ3n) is 2.81. The van der Waals surface area contributed by atoms with E-state index in [9.17, 15) is 4.79 Å². The first-order chi connectivity index (χ1) is 8.74. The number of carbonyl (C=O) groups excluding carboxylic acids is 1. The van der Waals surface area contributed by atoms with E-state index >= 15 is 0 Å². The Labute approximate surface area is 105 Å². The molecule has 1 aliphatic heterocycles. The number of rotatable bonds is 2. The van der Waals surface area contributed by atoms with Gasteiger partial charge in [-0.1, -0.05) is 0 Å². The summed E-state index contributed by atoms with van der Waals surface area (Å²) in [5.74, 6) is 0.625. The van der Waals surface area contributed by atoms with Crippen molar-refractivity contribution in [1.29, 1.82) is 5.26 Å². The molecule has 2 rings (SSSR count). The average molecular weight is 246 g/mol. The second-order valence-electron chi connectivity index (χ2n) is 3.94. The molecule has 18 heavy (non-hydrogen) atoms. The van der Waals surface area contributed by atoms with E-state index in [1.54, 1.807) is 19.2 Å². The topological polar surface area (TPSA) is 78.3 Å². The average Bonchev–Trinajstić information content (AvgIpc) is 2.46. The summed E-state index contributed by atoms with van der Waals surface area (Å²) in [6.07, 6.45) is 1.06. The zero-order valence-electron chi connectivity index (χ0n) is 10.1. The second kappa shape index (κ2) is 5.47. The minimum Gasteiger partial charge on any atom is -0.365 e. The highest BCUT2D eigenvalue weighted by atomic mass is 16.5. The zero-order valence-corrected chi connectivity index (χ0v) is 10.1. The van der Waals surface area contributed by atoms with Crippen LogP contribution in [0.25, 0.3) is 0 Å². The number of carbonyl (C=O) groups is 1. The van der Waals surface area contributed by atoms with Crippen molar-refractivity contribution in [2.75, 3.05) is 31.6 Å². The van der Waals surface area contributed by atoms with Crippen LogP contribution in [0.1, 0.15) is 5.56 Å². The summed E-state index contributed by atoms with van der Waals surface area (Å²) in [4.78, 5) is 17.7. The van der Waals surface area contributed by atoms with Crippen LogP contribution in [-0.4, -0.2) is 43.7 Å². The first-order valence-electron chi connectivity index (χ1n) is 5.69. The Morgan fingerprint density at radius 2 is 2.50 bits per heavy atom. The van der Waals surface area contributed by atoms with E-state index in [0.717, 1.165) is 5.82 Å². The number of morpholine rings is 1. The lowest BCUT2D eigenvalue weighted by molar-refractivity contribution is -0.132. The molecule has 1 aliphatic rings. The van der Waals surface area contributed by atoms with Crippen LogP contribution in [0, 0.1) is 11.3 Å². The lowest BCUT2D eigenvalue weighted by Gasteiger charge is -2.32. The van der Waals surface area contributed by atoms with Crippen LogP contribution in [0.3, 0.4) is 0 Å².